The van der Waals surface area contributed by atoms with Crippen LogP contribution in [-0.2, 0) is 21.1 Å². The minimum atomic E-state index is -3.46. The fraction of sp³-hybridized carbons (Fsp3) is 0.625. The topological polar surface area (TPSA) is 49.9 Å². The molecule has 0 radical (unpaired) electrons. The Hall–Kier alpha value is -0.520. The third-order valence-electron chi connectivity index (χ3n) is 4.35. The summed E-state index contributed by atoms with van der Waals surface area (Å²) in [6.07, 6.45) is 2.23. The molecule has 23 heavy (non-hydrogen) atoms. The number of rotatable bonds is 4. The Bertz CT molecular complexity index is 645. The molecular weight excluding hydrogens is 331 g/mol. The molecule has 0 saturated carbocycles. The lowest BCUT2D eigenvalue weighted by molar-refractivity contribution is 0.334. The predicted octanol–water partition coefficient (Wildman–Crippen LogP) is 3.34. The second-order valence-electron chi connectivity index (χ2n) is 7.09. The van der Waals surface area contributed by atoms with Crippen molar-refractivity contribution >= 4 is 18.5 Å². The summed E-state index contributed by atoms with van der Waals surface area (Å²) in [7, 11) is -4.71. The van der Waals surface area contributed by atoms with Crippen LogP contribution < -0.4 is 0 Å². The maximum Gasteiger partial charge on any atom is 0.225 e. The average Bonchev–Trinajstić information content (AvgIpc) is 3.08. The van der Waals surface area contributed by atoms with E-state index in [0.29, 0.717) is 19.2 Å². The number of benzene rings is 1. The van der Waals surface area contributed by atoms with E-state index in [1.807, 2.05) is 30.3 Å². The second kappa shape index (κ2) is 6.41. The molecule has 0 bridgehead atoms. The summed E-state index contributed by atoms with van der Waals surface area (Å²) in [5, 5.41) is 0. The molecule has 7 heteroatoms. The molecule has 2 aliphatic heterocycles. The van der Waals surface area contributed by atoms with Crippen LogP contribution in [-0.4, -0.2) is 41.1 Å². The van der Waals surface area contributed by atoms with Crippen molar-refractivity contribution in [3.8, 4) is 0 Å². The summed E-state index contributed by atoms with van der Waals surface area (Å²) >= 11 is 0. The van der Waals surface area contributed by atoms with Crippen LogP contribution in [0.15, 0.2) is 30.3 Å². The summed E-state index contributed by atoms with van der Waals surface area (Å²) in [6, 6.07) is 10.2. The second-order valence-corrected chi connectivity index (χ2v) is 11.7. The molecule has 0 spiro atoms. The van der Waals surface area contributed by atoms with Crippen LogP contribution in [0.3, 0.4) is 0 Å². The number of sulfonamides is 1. The van der Waals surface area contributed by atoms with E-state index in [1.54, 1.807) is 24.8 Å². The van der Waals surface area contributed by atoms with Crippen molar-refractivity contribution in [1.82, 2.24) is 8.75 Å². The van der Waals surface area contributed by atoms with Crippen molar-refractivity contribution in [2.24, 2.45) is 0 Å². The molecule has 0 aromatic heterocycles. The van der Waals surface area contributed by atoms with Gasteiger partial charge in [0, 0.05) is 19.1 Å². The molecule has 2 heterocycles. The van der Waals surface area contributed by atoms with Gasteiger partial charge in [-0.2, -0.15) is 0 Å². The lowest BCUT2D eigenvalue weighted by Crippen LogP contribution is -2.41. The minimum absolute atomic E-state index is 0.370. The zero-order valence-corrected chi connectivity index (χ0v) is 15.7. The van der Waals surface area contributed by atoms with Crippen molar-refractivity contribution in [2.75, 3.05) is 13.2 Å². The number of fused-ring (bicyclic) bond motifs is 1. The monoisotopic (exact) mass is 356 g/mol. The van der Waals surface area contributed by atoms with Gasteiger partial charge in [0.05, 0.1) is 11.4 Å². The van der Waals surface area contributed by atoms with E-state index < -0.39 is 23.2 Å². The SMILES string of the molecule is CC(C)(C)S(=O)(=O)N(Cc1ccccc1)P1OC[C@@H]2CCCN21. The Kier molecular flexibility index (Phi) is 4.83. The molecule has 2 saturated heterocycles. The van der Waals surface area contributed by atoms with Crippen LogP contribution in [0.4, 0.5) is 0 Å². The zero-order valence-electron chi connectivity index (χ0n) is 14.0. The van der Waals surface area contributed by atoms with Crippen molar-refractivity contribution in [3.63, 3.8) is 0 Å². The maximum absolute atomic E-state index is 13.2. The van der Waals surface area contributed by atoms with Crippen LogP contribution in [0.2, 0.25) is 0 Å². The van der Waals surface area contributed by atoms with Gasteiger partial charge in [-0.05, 0) is 39.2 Å². The van der Waals surface area contributed by atoms with Crippen molar-refractivity contribution in [2.45, 2.75) is 50.9 Å². The zero-order chi connectivity index (χ0) is 16.7. The van der Waals surface area contributed by atoms with E-state index >= 15 is 0 Å². The summed E-state index contributed by atoms with van der Waals surface area (Å²) in [4.78, 5) is 0. The molecule has 0 aliphatic carbocycles. The highest BCUT2D eigenvalue weighted by molar-refractivity contribution is 7.94. The van der Waals surface area contributed by atoms with Crippen LogP contribution in [0, 0.1) is 0 Å². The smallest absolute Gasteiger partial charge is 0.225 e. The Labute approximate surface area is 140 Å². The fourth-order valence-corrected chi connectivity index (χ4v) is 7.67. The highest BCUT2D eigenvalue weighted by atomic mass is 32.2. The molecule has 2 fully saturated rings. The Morgan fingerprint density at radius 2 is 2.00 bits per heavy atom. The van der Waals surface area contributed by atoms with Crippen molar-refractivity contribution < 1.29 is 12.9 Å². The third kappa shape index (κ3) is 3.33. The first-order valence-electron chi connectivity index (χ1n) is 8.06. The van der Waals surface area contributed by atoms with Crippen LogP contribution >= 0.6 is 8.45 Å². The first-order chi connectivity index (χ1) is 10.8. The largest absolute Gasteiger partial charge is 0.329 e. The van der Waals surface area contributed by atoms with E-state index in [1.165, 1.54) is 0 Å². The Balaban J connectivity index is 1.94. The van der Waals surface area contributed by atoms with Gasteiger partial charge >= 0.3 is 0 Å². The van der Waals surface area contributed by atoms with Gasteiger partial charge in [-0.25, -0.2) is 13.1 Å². The van der Waals surface area contributed by atoms with Gasteiger partial charge < -0.3 is 4.52 Å². The molecule has 128 valence electrons. The number of nitrogens with zero attached hydrogens (tertiary/aromatic N) is 2. The van der Waals surface area contributed by atoms with Gasteiger partial charge in [-0.1, -0.05) is 30.3 Å². The lowest BCUT2D eigenvalue weighted by atomic mass is 10.2. The first kappa shape index (κ1) is 17.3. The maximum atomic E-state index is 13.2. The van der Waals surface area contributed by atoms with E-state index in [4.69, 9.17) is 4.52 Å². The molecule has 1 aromatic rings. The van der Waals surface area contributed by atoms with E-state index in [0.717, 1.165) is 24.9 Å². The van der Waals surface area contributed by atoms with Crippen molar-refractivity contribution in [3.05, 3.63) is 35.9 Å². The molecule has 5 nitrogen and oxygen atoms in total. The predicted molar refractivity (Wildman–Crippen MR) is 93.3 cm³/mol. The standard InChI is InChI=1S/C16H25N2O3PS/c1-16(2,3)23(19,20)18(12-14-8-5-4-6-9-14)22-17-11-7-10-15(17)13-21-22/h4-6,8-9,15H,7,10-13H2,1-3H3/t15-,22?/m0/s1. The summed E-state index contributed by atoms with van der Waals surface area (Å²) < 4.78 is 35.3. The lowest BCUT2D eigenvalue weighted by Gasteiger charge is -2.35. The molecule has 3 rings (SSSR count). The van der Waals surface area contributed by atoms with E-state index in [2.05, 4.69) is 4.67 Å². The Morgan fingerprint density at radius 1 is 1.30 bits per heavy atom. The molecular formula is C16H25N2O3PS. The fourth-order valence-electron chi connectivity index (χ4n) is 2.93. The van der Waals surface area contributed by atoms with E-state index in [-0.39, 0.29) is 0 Å². The molecule has 0 amide bonds. The van der Waals surface area contributed by atoms with Crippen LogP contribution in [0.25, 0.3) is 0 Å². The molecule has 1 aromatic carbocycles. The van der Waals surface area contributed by atoms with Gasteiger partial charge in [-0.3, -0.25) is 0 Å². The summed E-state index contributed by atoms with van der Waals surface area (Å²) in [6.45, 7) is 7.22. The first-order valence-corrected chi connectivity index (χ1v) is 10.7. The van der Waals surface area contributed by atoms with Crippen LogP contribution in [0.5, 0.6) is 0 Å². The molecule has 1 unspecified atom stereocenters. The van der Waals surface area contributed by atoms with Crippen LogP contribution in [0.1, 0.15) is 39.2 Å². The molecule has 2 aliphatic rings. The molecule has 0 N–H and O–H groups in total. The van der Waals surface area contributed by atoms with Gasteiger partial charge in [0.15, 0.2) is 0 Å². The third-order valence-corrected chi connectivity index (χ3v) is 9.52. The van der Waals surface area contributed by atoms with Crippen molar-refractivity contribution in [1.29, 1.82) is 0 Å². The van der Waals surface area contributed by atoms with Gasteiger partial charge in [0.1, 0.15) is 0 Å². The quantitative estimate of drug-likeness (QED) is 0.777. The normalized spacial score (nSPS) is 25.9. The highest BCUT2D eigenvalue weighted by Gasteiger charge is 2.48. The summed E-state index contributed by atoms with van der Waals surface area (Å²) in [5.74, 6) is 0. The average molecular weight is 356 g/mol. The van der Waals surface area contributed by atoms with Gasteiger partial charge in [0.25, 0.3) is 0 Å². The Morgan fingerprint density at radius 3 is 2.65 bits per heavy atom. The minimum Gasteiger partial charge on any atom is -0.329 e. The van der Waals surface area contributed by atoms with E-state index in [9.17, 15) is 8.42 Å². The number of hydrogen-bond donors (Lipinski definition) is 0. The number of hydrogen-bond acceptors (Lipinski definition) is 4. The highest BCUT2D eigenvalue weighted by Crippen LogP contribution is 2.57. The molecule has 2 atom stereocenters. The van der Waals surface area contributed by atoms with Gasteiger partial charge in [0.2, 0.25) is 18.5 Å². The van der Waals surface area contributed by atoms with Gasteiger partial charge in [-0.15, -0.1) is 4.08 Å². The summed E-state index contributed by atoms with van der Waals surface area (Å²) in [5.41, 5.74) is 0.995.